The van der Waals surface area contributed by atoms with Crippen LogP contribution < -0.4 is 5.32 Å². The van der Waals surface area contributed by atoms with Crippen molar-refractivity contribution in [3.05, 3.63) is 35.6 Å². The van der Waals surface area contributed by atoms with Crippen LogP contribution in [0.4, 0.5) is 4.39 Å². The average Bonchev–Trinajstić information content (AvgIpc) is 3.09. The SMILES string of the molecule is O=C1CCC2(CCNCC2)CN1CC1(c2ccccc2F)CCCC1. The fraction of sp³-hybridized carbons (Fsp3) is 0.667. The number of carbonyl (C=O) groups excluding carboxylic acids is 1. The molecule has 0 unspecified atom stereocenters. The van der Waals surface area contributed by atoms with Gasteiger partial charge >= 0.3 is 0 Å². The Labute approximate surface area is 150 Å². The molecular formula is C21H29FN2O. The zero-order valence-electron chi connectivity index (χ0n) is 15.0. The first-order valence-electron chi connectivity index (χ1n) is 9.86. The minimum atomic E-state index is -0.188. The number of rotatable bonds is 3. The summed E-state index contributed by atoms with van der Waals surface area (Å²) in [6, 6.07) is 7.21. The highest BCUT2D eigenvalue weighted by Gasteiger charge is 2.44. The molecule has 0 aromatic heterocycles. The summed E-state index contributed by atoms with van der Waals surface area (Å²) in [4.78, 5) is 14.8. The van der Waals surface area contributed by atoms with Crippen molar-refractivity contribution in [2.45, 2.75) is 56.8 Å². The normalized spacial score (nSPS) is 25.5. The molecule has 0 bridgehead atoms. The van der Waals surface area contributed by atoms with Gasteiger partial charge in [0.1, 0.15) is 5.82 Å². The van der Waals surface area contributed by atoms with Crippen molar-refractivity contribution in [2.75, 3.05) is 26.2 Å². The molecule has 1 spiro atoms. The Morgan fingerprint density at radius 1 is 1.04 bits per heavy atom. The van der Waals surface area contributed by atoms with E-state index in [1.807, 2.05) is 12.1 Å². The molecule has 4 heteroatoms. The van der Waals surface area contributed by atoms with Crippen LogP contribution in [0.3, 0.4) is 0 Å². The summed E-state index contributed by atoms with van der Waals surface area (Å²) >= 11 is 0. The number of likely N-dealkylation sites (tertiary alicyclic amines) is 1. The summed E-state index contributed by atoms with van der Waals surface area (Å²) in [5.41, 5.74) is 0.922. The van der Waals surface area contributed by atoms with Gasteiger partial charge in [0.25, 0.3) is 0 Å². The van der Waals surface area contributed by atoms with E-state index < -0.39 is 0 Å². The molecule has 1 amide bonds. The Morgan fingerprint density at radius 3 is 2.48 bits per heavy atom. The maximum absolute atomic E-state index is 14.6. The summed E-state index contributed by atoms with van der Waals surface area (Å²) in [5.74, 6) is 0.164. The lowest BCUT2D eigenvalue weighted by atomic mass is 9.71. The fourth-order valence-corrected chi connectivity index (χ4v) is 5.43. The maximum Gasteiger partial charge on any atom is 0.222 e. The molecule has 1 aromatic rings. The van der Waals surface area contributed by atoms with Gasteiger partial charge < -0.3 is 10.2 Å². The summed E-state index contributed by atoms with van der Waals surface area (Å²) in [7, 11) is 0. The van der Waals surface area contributed by atoms with Gasteiger partial charge in [0.15, 0.2) is 0 Å². The summed E-state index contributed by atoms with van der Waals surface area (Å²) in [5, 5.41) is 3.44. The number of nitrogens with zero attached hydrogens (tertiary/aromatic N) is 1. The van der Waals surface area contributed by atoms with Crippen molar-refractivity contribution >= 4 is 5.91 Å². The maximum atomic E-state index is 14.6. The van der Waals surface area contributed by atoms with Crippen LogP contribution in [-0.2, 0) is 10.2 Å². The van der Waals surface area contributed by atoms with E-state index in [1.165, 1.54) is 0 Å². The van der Waals surface area contributed by atoms with Gasteiger partial charge in [0.05, 0.1) is 0 Å². The van der Waals surface area contributed by atoms with Gasteiger partial charge in [-0.25, -0.2) is 4.39 Å². The quantitative estimate of drug-likeness (QED) is 0.908. The van der Waals surface area contributed by atoms with Gasteiger partial charge in [0, 0.05) is 24.9 Å². The molecule has 2 aliphatic heterocycles. The van der Waals surface area contributed by atoms with Crippen molar-refractivity contribution in [1.82, 2.24) is 10.2 Å². The van der Waals surface area contributed by atoms with Crippen LogP contribution in [0.5, 0.6) is 0 Å². The van der Waals surface area contributed by atoms with Crippen molar-refractivity contribution in [3.63, 3.8) is 0 Å². The predicted octanol–water partition coefficient (Wildman–Crippen LogP) is 3.63. The number of carbonyl (C=O) groups is 1. The second-order valence-electron chi connectivity index (χ2n) is 8.47. The number of benzene rings is 1. The van der Waals surface area contributed by atoms with E-state index in [2.05, 4.69) is 10.2 Å². The van der Waals surface area contributed by atoms with Gasteiger partial charge in [-0.3, -0.25) is 4.79 Å². The first-order valence-corrected chi connectivity index (χ1v) is 9.86. The second-order valence-corrected chi connectivity index (χ2v) is 8.47. The van der Waals surface area contributed by atoms with Crippen molar-refractivity contribution in [3.8, 4) is 0 Å². The summed E-state index contributed by atoms with van der Waals surface area (Å²) < 4.78 is 14.6. The topological polar surface area (TPSA) is 32.3 Å². The van der Waals surface area contributed by atoms with E-state index in [1.54, 1.807) is 12.1 Å². The Balaban J connectivity index is 1.59. The minimum absolute atomic E-state index is 0.106. The third-order valence-corrected chi connectivity index (χ3v) is 6.91. The third kappa shape index (κ3) is 3.21. The van der Waals surface area contributed by atoms with Gasteiger partial charge in [-0.05, 0) is 62.2 Å². The van der Waals surface area contributed by atoms with Gasteiger partial charge in [-0.15, -0.1) is 0 Å². The highest BCUT2D eigenvalue weighted by molar-refractivity contribution is 5.77. The van der Waals surface area contributed by atoms with Gasteiger partial charge in [-0.2, -0.15) is 0 Å². The van der Waals surface area contributed by atoms with Crippen molar-refractivity contribution < 1.29 is 9.18 Å². The van der Waals surface area contributed by atoms with Crippen molar-refractivity contribution in [2.24, 2.45) is 5.41 Å². The Hall–Kier alpha value is -1.42. The lowest BCUT2D eigenvalue weighted by molar-refractivity contribution is -0.139. The number of hydrogen-bond acceptors (Lipinski definition) is 2. The summed E-state index contributed by atoms with van der Waals surface area (Å²) in [6.45, 7) is 3.67. The van der Waals surface area contributed by atoms with Crippen LogP contribution in [0.25, 0.3) is 0 Å². The van der Waals surface area contributed by atoms with E-state index in [0.717, 1.165) is 70.1 Å². The van der Waals surface area contributed by atoms with Crippen LogP contribution in [-0.4, -0.2) is 37.0 Å². The van der Waals surface area contributed by atoms with Gasteiger partial charge in [0.2, 0.25) is 5.91 Å². The zero-order chi connectivity index (χ0) is 17.3. The van der Waals surface area contributed by atoms with Crippen LogP contribution in [0.1, 0.15) is 56.9 Å². The fourth-order valence-electron chi connectivity index (χ4n) is 5.43. The monoisotopic (exact) mass is 344 g/mol. The first-order chi connectivity index (χ1) is 12.1. The Bertz CT molecular complexity index is 633. The smallest absolute Gasteiger partial charge is 0.222 e. The van der Waals surface area contributed by atoms with E-state index in [9.17, 15) is 9.18 Å². The molecule has 1 saturated carbocycles. The molecule has 0 radical (unpaired) electrons. The molecule has 2 heterocycles. The molecular weight excluding hydrogens is 315 g/mol. The van der Waals surface area contributed by atoms with Crippen LogP contribution in [0.2, 0.25) is 0 Å². The number of piperidine rings is 2. The number of halogens is 1. The number of nitrogens with one attached hydrogen (secondary N) is 1. The molecule has 1 aliphatic carbocycles. The Kier molecular flexibility index (Phi) is 4.57. The molecule has 0 atom stereocenters. The minimum Gasteiger partial charge on any atom is -0.341 e. The molecule has 1 aromatic carbocycles. The Morgan fingerprint density at radius 2 is 1.76 bits per heavy atom. The van der Waals surface area contributed by atoms with E-state index >= 15 is 0 Å². The highest BCUT2D eigenvalue weighted by Crippen LogP contribution is 2.45. The largest absolute Gasteiger partial charge is 0.341 e. The molecule has 4 rings (SSSR count). The first kappa shape index (κ1) is 17.0. The second kappa shape index (κ2) is 6.71. The molecule has 136 valence electrons. The molecule has 3 nitrogen and oxygen atoms in total. The zero-order valence-corrected chi connectivity index (χ0v) is 15.0. The van der Waals surface area contributed by atoms with E-state index in [-0.39, 0.29) is 22.6 Å². The molecule has 25 heavy (non-hydrogen) atoms. The van der Waals surface area contributed by atoms with Crippen molar-refractivity contribution in [1.29, 1.82) is 0 Å². The molecule has 2 saturated heterocycles. The lowest BCUT2D eigenvalue weighted by Gasteiger charge is -2.47. The molecule has 3 fully saturated rings. The van der Waals surface area contributed by atoms with Crippen LogP contribution in [0, 0.1) is 11.2 Å². The van der Waals surface area contributed by atoms with E-state index in [0.29, 0.717) is 13.0 Å². The van der Waals surface area contributed by atoms with E-state index in [4.69, 9.17) is 0 Å². The number of amides is 1. The standard InChI is InChI=1S/C21H29FN2O/c22-18-6-2-1-5-17(18)21(8-3-4-9-21)16-24-15-20(10-7-19(24)25)11-13-23-14-12-20/h1-2,5-6,23H,3-4,7-16H2. The van der Waals surface area contributed by atoms with Crippen LogP contribution in [0.15, 0.2) is 24.3 Å². The summed E-state index contributed by atoms with van der Waals surface area (Å²) in [6.07, 6.45) is 8.24. The van der Waals surface area contributed by atoms with Crippen LogP contribution >= 0.6 is 0 Å². The molecule has 1 N–H and O–H groups in total. The highest BCUT2D eigenvalue weighted by atomic mass is 19.1. The average molecular weight is 344 g/mol. The van der Waals surface area contributed by atoms with Gasteiger partial charge in [-0.1, -0.05) is 31.0 Å². The lowest BCUT2D eigenvalue weighted by Crippen LogP contribution is -2.53. The molecule has 3 aliphatic rings. The third-order valence-electron chi connectivity index (χ3n) is 6.91. The predicted molar refractivity (Wildman–Crippen MR) is 96.9 cm³/mol. The number of hydrogen-bond donors (Lipinski definition) is 1.